The number of carbonyl (C=O) groups is 1. The Kier molecular flexibility index (Phi) is 4.84. The smallest absolute Gasteiger partial charge is 0.312 e. The molecule has 2 bridgehead atoms. The van der Waals surface area contributed by atoms with E-state index in [1.54, 1.807) is 0 Å². The first-order valence-electron chi connectivity index (χ1n) is 14.2. The van der Waals surface area contributed by atoms with Crippen molar-refractivity contribution in [2.24, 2.45) is 56.7 Å². The standard InChI is InChI=1S/C30H46O5/c1-17-15-22(31)29(24(32)33)13-11-26(5)19(23(29)18(17)2)7-8-21-27(26,6)10-9-20-25(3,4)30(34)14-12-28(20,21)16-35-30/h7,17-18,20-23,31,34H,8-16H2,1-6H3,(H,32,33)/t17-,18+,20+,21+,22-,23+,26-,27-,28-,29-,30-/m1/s1. The molecule has 6 fully saturated rings. The Labute approximate surface area is 210 Å². The first-order chi connectivity index (χ1) is 16.2. The van der Waals surface area contributed by atoms with E-state index in [0.29, 0.717) is 43.6 Å². The number of rotatable bonds is 1. The van der Waals surface area contributed by atoms with Crippen LogP contribution < -0.4 is 0 Å². The Morgan fingerprint density at radius 2 is 1.74 bits per heavy atom. The molecule has 0 amide bonds. The molecule has 4 saturated carbocycles. The number of carboxylic acids is 1. The highest BCUT2D eigenvalue weighted by Gasteiger charge is 2.75. The van der Waals surface area contributed by atoms with E-state index in [1.165, 1.54) is 5.57 Å². The summed E-state index contributed by atoms with van der Waals surface area (Å²) in [6.45, 7) is 14.4. The normalized spacial score (nSPS) is 58.3. The van der Waals surface area contributed by atoms with Gasteiger partial charge in [0.05, 0.1) is 12.7 Å². The van der Waals surface area contributed by atoms with Gasteiger partial charge in [-0.15, -0.1) is 0 Å². The van der Waals surface area contributed by atoms with Gasteiger partial charge in [0.1, 0.15) is 5.41 Å². The van der Waals surface area contributed by atoms with Crippen molar-refractivity contribution < 1.29 is 24.9 Å². The zero-order valence-corrected chi connectivity index (χ0v) is 22.6. The molecule has 7 rings (SSSR count). The fraction of sp³-hybridized carbons (Fsp3) is 0.900. The molecule has 5 heteroatoms. The fourth-order valence-corrected chi connectivity index (χ4v) is 11.4. The van der Waals surface area contributed by atoms with E-state index in [9.17, 15) is 20.1 Å². The lowest BCUT2D eigenvalue weighted by Gasteiger charge is -2.74. The van der Waals surface area contributed by atoms with Crippen LogP contribution in [0.2, 0.25) is 0 Å². The summed E-state index contributed by atoms with van der Waals surface area (Å²) in [7, 11) is 0. The van der Waals surface area contributed by atoms with Crippen LogP contribution in [0, 0.1) is 56.7 Å². The number of hydrogen-bond acceptors (Lipinski definition) is 4. The molecule has 7 aliphatic rings. The molecule has 0 aromatic carbocycles. The topological polar surface area (TPSA) is 87.0 Å². The van der Waals surface area contributed by atoms with E-state index in [2.05, 4.69) is 47.6 Å². The van der Waals surface area contributed by atoms with Gasteiger partial charge in [-0.1, -0.05) is 53.2 Å². The van der Waals surface area contributed by atoms with Gasteiger partial charge in [0.2, 0.25) is 0 Å². The quantitative estimate of drug-likeness (QED) is 0.432. The molecule has 5 aliphatic carbocycles. The van der Waals surface area contributed by atoms with Crippen LogP contribution in [-0.2, 0) is 9.53 Å². The third-order valence-corrected chi connectivity index (χ3v) is 13.9. The summed E-state index contributed by atoms with van der Waals surface area (Å²) in [6.07, 6.45) is 8.50. The van der Waals surface area contributed by atoms with Crippen molar-refractivity contribution in [3.63, 3.8) is 0 Å². The van der Waals surface area contributed by atoms with Gasteiger partial charge in [0, 0.05) is 23.2 Å². The predicted octanol–water partition coefficient (Wildman–Crippen LogP) is 5.40. The molecule has 11 atom stereocenters. The van der Waals surface area contributed by atoms with E-state index in [-0.39, 0.29) is 33.5 Å². The molecule has 0 aromatic rings. The number of hydrogen-bond donors (Lipinski definition) is 3. The van der Waals surface area contributed by atoms with E-state index < -0.39 is 23.3 Å². The molecule has 2 aliphatic heterocycles. The molecule has 5 nitrogen and oxygen atoms in total. The van der Waals surface area contributed by atoms with Crippen molar-refractivity contribution in [3.05, 3.63) is 11.6 Å². The summed E-state index contributed by atoms with van der Waals surface area (Å²) in [5.74, 6) is -0.490. The maximum atomic E-state index is 12.9. The third-order valence-electron chi connectivity index (χ3n) is 13.9. The van der Waals surface area contributed by atoms with Crippen molar-refractivity contribution >= 4 is 5.97 Å². The van der Waals surface area contributed by atoms with Crippen molar-refractivity contribution in [1.82, 2.24) is 0 Å². The number of allylic oxidation sites excluding steroid dienone is 2. The summed E-state index contributed by atoms with van der Waals surface area (Å²) < 4.78 is 6.31. The van der Waals surface area contributed by atoms with Crippen LogP contribution in [0.5, 0.6) is 0 Å². The maximum absolute atomic E-state index is 12.9. The van der Waals surface area contributed by atoms with Crippen LogP contribution in [-0.4, -0.2) is 39.8 Å². The van der Waals surface area contributed by atoms with E-state index in [4.69, 9.17) is 4.74 Å². The molecule has 3 N–H and O–H groups in total. The van der Waals surface area contributed by atoms with Crippen LogP contribution in [0.1, 0.15) is 92.9 Å². The Morgan fingerprint density at radius 3 is 2.37 bits per heavy atom. The Bertz CT molecular complexity index is 975. The summed E-state index contributed by atoms with van der Waals surface area (Å²) >= 11 is 0. The van der Waals surface area contributed by atoms with E-state index in [1.807, 2.05) is 0 Å². The van der Waals surface area contributed by atoms with Crippen molar-refractivity contribution in [3.8, 4) is 0 Å². The number of aliphatic carboxylic acids is 1. The van der Waals surface area contributed by atoms with Gasteiger partial charge in [-0.05, 0) is 79.4 Å². The van der Waals surface area contributed by atoms with E-state index in [0.717, 1.165) is 32.1 Å². The second kappa shape index (κ2) is 6.94. The van der Waals surface area contributed by atoms with Crippen LogP contribution >= 0.6 is 0 Å². The minimum atomic E-state index is -1.06. The van der Waals surface area contributed by atoms with Gasteiger partial charge in [-0.2, -0.15) is 0 Å². The molecule has 196 valence electrons. The lowest BCUT2D eigenvalue weighted by atomic mass is 9.32. The lowest BCUT2D eigenvalue weighted by Crippen LogP contribution is -2.73. The Morgan fingerprint density at radius 1 is 1.03 bits per heavy atom. The average Bonchev–Trinajstić information content (AvgIpc) is 2.78. The average molecular weight is 487 g/mol. The molecule has 2 heterocycles. The molecule has 0 aromatic heterocycles. The number of aliphatic hydroxyl groups excluding tert-OH is 1. The predicted molar refractivity (Wildman–Crippen MR) is 133 cm³/mol. The van der Waals surface area contributed by atoms with Crippen LogP contribution in [0.3, 0.4) is 0 Å². The van der Waals surface area contributed by atoms with Gasteiger partial charge in [0.25, 0.3) is 0 Å². The van der Waals surface area contributed by atoms with Crippen molar-refractivity contribution in [2.75, 3.05) is 6.61 Å². The number of fused-ring (bicyclic) bond motifs is 7. The fourth-order valence-electron chi connectivity index (χ4n) is 11.4. The first kappa shape index (κ1) is 24.4. The number of aliphatic hydroxyl groups is 2. The van der Waals surface area contributed by atoms with Gasteiger partial charge in [-0.25, -0.2) is 0 Å². The largest absolute Gasteiger partial charge is 0.481 e. The van der Waals surface area contributed by atoms with Crippen molar-refractivity contribution in [1.29, 1.82) is 0 Å². The second-order valence-corrected chi connectivity index (χ2v) is 14.7. The highest BCUT2D eigenvalue weighted by molar-refractivity contribution is 5.77. The summed E-state index contributed by atoms with van der Waals surface area (Å²) in [4.78, 5) is 12.9. The first-order valence-corrected chi connectivity index (χ1v) is 14.2. The Hall–Kier alpha value is -0.910. The van der Waals surface area contributed by atoms with Crippen molar-refractivity contribution in [2.45, 2.75) is 105 Å². The van der Waals surface area contributed by atoms with Crippen LogP contribution in [0.25, 0.3) is 0 Å². The van der Waals surface area contributed by atoms with Crippen LogP contribution in [0.4, 0.5) is 0 Å². The summed E-state index contributed by atoms with van der Waals surface area (Å²) in [5, 5.41) is 33.2. The lowest BCUT2D eigenvalue weighted by molar-refractivity contribution is -0.395. The summed E-state index contributed by atoms with van der Waals surface area (Å²) in [6, 6.07) is 0. The molecule has 1 spiro atoms. The molecule has 35 heavy (non-hydrogen) atoms. The highest BCUT2D eigenvalue weighted by Crippen LogP contribution is 2.77. The third kappa shape index (κ3) is 2.50. The van der Waals surface area contributed by atoms with Gasteiger partial charge in [0.15, 0.2) is 5.79 Å². The van der Waals surface area contributed by atoms with Gasteiger partial charge in [-0.3, -0.25) is 4.79 Å². The van der Waals surface area contributed by atoms with Gasteiger partial charge < -0.3 is 20.1 Å². The molecular weight excluding hydrogens is 440 g/mol. The van der Waals surface area contributed by atoms with E-state index >= 15 is 0 Å². The molecule has 2 saturated heterocycles. The highest BCUT2D eigenvalue weighted by atomic mass is 16.6. The minimum absolute atomic E-state index is 0.0514. The molecule has 0 radical (unpaired) electrons. The number of carboxylic acid groups (broad SMARTS) is 1. The number of ether oxygens (including phenoxy) is 1. The second-order valence-electron chi connectivity index (χ2n) is 14.7. The summed E-state index contributed by atoms with van der Waals surface area (Å²) in [5.41, 5.74) is 0.0420. The zero-order valence-electron chi connectivity index (χ0n) is 22.6. The van der Waals surface area contributed by atoms with Gasteiger partial charge >= 0.3 is 5.97 Å². The minimum Gasteiger partial charge on any atom is -0.481 e. The zero-order chi connectivity index (χ0) is 25.4. The monoisotopic (exact) mass is 486 g/mol. The van der Waals surface area contributed by atoms with Crippen LogP contribution in [0.15, 0.2) is 11.6 Å². The Balaban J connectivity index is 1.48. The SMILES string of the molecule is C[C@H]1[C@H](C)C[C@@H](O)[C@]2(C(=O)O)CC[C@]3(C)C(=CC[C@@H]4[C@]56CC[C@@](O)(OC5)C(C)(C)[C@@H]6CC[C@]43C)[C@H]12. The molecular formula is C30H46O5. The molecule has 0 unspecified atom stereocenters. The maximum Gasteiger partial charge on any atom is 0.312 e.